The molecule has 4 N–H and O–H groups in total. The highest BCUT2D eigenvalue weighted by molar-refractivity contribution is 7.85. The van der Waals surface area contributed by atoms with Gasteiger partial charge in [-0.2, -0.15) is 8.42 Å². The molecule has 1 aliphatic heterocycles. The van der Waals surface area contributed by atoms with E-state index in [-0.39, 0.29) is 11.4 Å². The van der Waals surface area contributed by atoms with Crippen LogP contribution in [0.2, 0.25) is 0 Å². The van der Waals surface area contributed by atoms with Crippen molar-refractivity contribution in [3.8, 4) is 0 Å². The van der Waals surface area contributed by atoms with Crippen LogP contribution in [0.3, 0.4) is 0 Å². The van der Waals surface area contributed by atoms with Crippen LogP contribution in [0.15, 0.2) is 34.3 Å². The molecular weight excluding hydrogens is 286 g/mol. The Balaban J connectivity index is 0.000000204. The summed E-state index contributed by atoms with van der Waals surface area (Å²) in [6.45, 7) is 2.07. The van der Waals surface area contributed by atoms with E-state index in [4.69, 9.17) is 15.8 Å². The third kappa shape index (κ3) is 3.93. The summed E-state index contributed by atoms with van der Waals surface area (Å²) in [6, 6.07) is 5.99. The summed E-state index contributed by atoms with van der Waals surface area (Å²) in [7, 11) is -4.02. The average Bonchev–Trinajstić information content (AvgIpc) is 2.37. The van der Waals surface area contributed by atoms with Gasteiger partial charge in [0.1, 0.15) is 0 Å². The number of nitrogens with zero attached hydrogens (tertiary/aromatic N) is 3. The number of azide groups is 1. The Labute approximate surface area is 115 Å². The van der Waals surface area contributed by atoms with Crippen molar-refractivity contribution >= 4 is 16.0 Å². The van der Waals surface area contributed by atoms with Crippen LogP contribution in [0.1, 0.15) is 5.56 Å². The van der Waals surface area contributed by atoms with Crippen molar-refractivity contribution in [3.05, 3.63) is 40.3 Å². The maximum absolute atomic E-state index is 10.5. The molecule has 20 heavy (non-hydrogen) atoms. The molecule has 2 rings (SSSR count). The number of rotatable bonds is 2. The van der Waals surface area contributed by atoms with Crippen LogP contribution in [0.25, 0.3) is 10.4 Å². The standard InChI is InChI=1S/C7H8O3S.C3H5N5O/c1-6-2-4-7(5-3-6)11(8,9)10;4-3(7-8-5)1-6-2(3)9/h2-5H,1H3,(H,8,9,10);1,4H2,(H,6,9)/t;3-/m.0/s1. The number of carbonyl (C=O) groups excluding carboxylic acids is 1. The Hall–Kier alpha value is -2.13. The minimum absolute atomic E-state index is 0.0666. The van der Waals surface area contributed by atoms with Gasteiger partial charge in [-0.05, 0) is 24.6 Å². The topological polar surface area (TPSA) is 158 Å². The monoisotopic (exact) mass is 299 g/mol. The van der Waals surface area contributed by atoms with Crippen molar-refractivity contribution < 1.29 is 17.8 Å². The lowest BCUT2D eigenvalue weighted by Gasteiger charge is -2.31. The molecule has 9 nitrogen and oxygen atoms in total. The average molecular weight is 299 g/mol. The van der Waals surface area contributed by atoms with Crippen LogP contribution >= 0.6 is 0 Å². The van der Waals surface area contributed by atoms with Gasteiger partial charge in [0.2, 0.25) is 5.91 Å². The van der Waals surface area contributed by atoms with Crippen molar-refractivity contribution in [1.29, 1.82) is 0 Å². The minimum atomic E-state index is -4.02. The summed E-state index contributed by atoms with van der Waals surface area (Å²) in [5.74, 6) is -0.416. The van der Waals surface area contributed by atoms with E-state index in [0.29, 0.717) is 0 Å². The first-order chi connectivity index (χ1) is 9.19. The van der Waals surface area contributed by atoms with E-state index in [1.165, 1.54) is 12.1 Å². The Morgan fingerprint density at radius 2 is 2.00 bits per heavy atom. The first-order valence-electron chi connectivity index (χ1n) is 5.36. The Kier molecular flexibility index (Phi) is 4.69. The van der Waals surface area contributed by atoms with Gasteiger partial charge in [-0.1, -0.05) is 22.8 Å². The zero-order valence-electron chi connectivity index (χ0n) is 10.5. The van der Waals surface area contributed by atoms with Crippen LogP contribution in [-0.2, 0) is 14.9 Å². The largest absolute Gasteiger partial charge is 0.352 e. The highest BCUT2D eigenvalue weighted by atomic mass is 32.2. The lowest BCUT2D eigenvalue weighted by molar-refractivity contribution is -0.132. The normalized spacial score (nSPS) is 20.6. The van der Waals surface area contributed by atoms with E-state index in [9.17, 15) is 13.2 Å². The third-order valence-corrected chi connectivity index (χ3v) is 3.32. The van der Waals surface area contributed by atoms with E-state index in [2.05, 4.69) is 15.3 Å². The highest BCUT2D eigenvalue weighted by Gasteiger charge is 2.41. The number of nitrogens with two attached hydrogens (primary N) is 1. The summed E-state index contributed by atoms with van der Waals surface area (Å²) in [5.41, 5.74) is 12.8. The van der Waals surface area contributed by atoms with Crippen molar-refractivity contribution in [3.63, 3.8) is 0 Å². The molecule has 1 aliphatic rings. The second-order valence-electron chi connectivity index (χ2n) is 4.08. The summed E-state index contributed by atoms with van der Waals surface area (Å²) in [6.07, 6.45) is 0. The fourth-order valence-corrected chi connectivity index (χ4v) is 1.69. The molecule has 0 aliphatic carbocycles. The Bertz CT molecular complexity index is 647. The third-order valence-electron chi connectivity index (χ3n) is 2.45. The fraction of sp³-hybridized carbons (Fsp3) is 0.300. The highest BCUT2D eigenvalue weighted by Crippen LogP contribution is 2.09. The number of hydrogen-bond donors (Lipinski definition) is 3. The molecule has 1 amide bonds. The van der Waals surface area contributed by atoms with Crippen LogP contribution in [0.5, 0.6) is 0 Å². The summed E-state index contributed by atoms with van der Waals surface area (Å²) >= 11 is 0. The Morgan fingerprint density at radius 3 is 2.25 bits per heavy atom. The molecule has 1 atom stereocenters. The molecule has 1 aromatic rings. The number of aryl methyl sites for hydroxylation is 1. The van der Waals surface area contributed by atoms with Gasteiger partial charge in [0.25, 0.3) is 10.1 Å². The lowest BCUT2D eigenvalue weighted by atomic mass is 10.1. The summed E-state index contributed by atoms with van der Waals surface area (Å²) in [4.78, 5) is 12.8. The number of hydrogen-bond acceptors (Lipinski definition) is 5. The maximum atomic E-state index is 10.5. The zero-order chi connectivity index (χ0) is 15.4. The van der Waals surface area contributed by atoms with Gasteiger partial charge in [0, 0.05) is 4.91 Å². The number of amides is 1. The number of carbonyl (C=O) groups is 1. The first kappa shape index (κ1) is 15.9. The van der Waals surface area contributed by atoms with Crippen LogP contribution in [0.4, 0.5) is 0 Å². The maximum Gasteiger partial charge on any atom is 0.294 e. The van der Waals surface area contributed by atoms with Gasteiger partial charge in [0.15, 0.2) is 5.66 Å². The molecule has 0 bridgehead atoms. The van der Waals surface area contributed by atoms with Gasteiger partial charge in [0.05, 0.1) is 11.4 Å². The fourth-order valence-electron chi connectivity index (χ4n) is 1.21. The quantitative estimate of drug-likeness (QED) is 0.235. The summed E-state index contributed by atoms with van der Waals surface area (Å²) < 4.78 is 29.6. The van der Waals surface area contributed by atoms with Crippen molar-refractivity contribution in [2.45, 2.75) is 17.5 Å². The van der Waals surface area contributed by atoms with Gasteiger partial charge in [-0.15, -0.1) is 0 Å². The second kappa shape index (κ2) is 5.88. The van der Waals surface area contributed by atoms with Crippen LogP contribution < -0.4 is 11.1 Å². The SMILES string of the molecule is Cc1ccc(S(=O)(=O)O)cc1.[N-]=[N+]=N[C@@]1(N)CNC1=O. The first-order valence-corrected chi connectivity index (χ1v) is 6.80. The Morgan fingerprint density at radius 1 is 1.45 bits per heavy atom. The predicted octanol–water partition coefficient (Wildman–Crippen LogP) is 0.323. The molecule has 108 valence electrons. The molecule has 10 heteroatoms. The molecule has 0 radical (unpaired) electrons. The van der Waals surface area contributed by atoms with Gasteiger partial charge < -0.3 is 11.1 Å². The molecule has 1 heterocycles. The van der Waals surface area contributed by atoms with Gasteiger partial charge >= 0.3 is 0 Å². The van der Waals surface area contributed by atoms with E-state index in [0.717, 1.165) is 5.56 Å². The summed E-state index contributed by atoms with van der Waals surface area (Å²) in [5, 5.41) is 5.44. The second-order valence-corrected chi connectivity index (χ2v) is 5.51. The zero-order valence-corrected chi connectivity index (χ0v) is 11.3. The van der Waals surface area contributed by atoms with Gasteiger partial charge in [-0.25, -0.2) is 0 Å². The van der Waals surface area contributed by atoms with E-state index in [1.807, 2.05) is 6.92 Å². The van der Waals surface area contributed by atoms with Crippen molar-refractivity contribution in [2.24, 2.45) is 10.8 Å². The molecular formula is C10H13N5O4S. The number of β-lactam (4-membered cyclic amide) rings is 1. The van der Waals surface area contributed by atoms with E-state index in [1.54, 1.807) is 12.1 Å². The predicted molar refractivity (Wildman–Crippen MR) is 70.1 cm³/mol. The van der Waals surface area contributed by atoms with Gasteiger partial charge in [-0.3, -0.25) is 9.35 Å². The molecule has 0 unspecified atom stereocenters. The lowest BCUT2D eigenvalue weighted by Crippen LogP contribution is -2.68. The molecule has 1 saturated heterocycles. The van der Waals surface area contributed by atoms with E-state index >= 15 is 0 Å². The smallest absolute Gasteiger partial charge is 0.294 e. The molecule has 0 aromatic heterocycles. The van der Waals surface area contributed by atoms with Crippen molar-refractivity contribution in [2.75, 3.05) is 6.54 Å². The number of nitrogens with one attached hydrogen (secondary N) is 1. The molecule has 1 fully saturated rings. The van der Waals surface area contributed by atoms with Crippen molar-refractivity contribution in [1.82, 2.24) is 5.32 Å². The molecule has 1 aromatic carbocycles. The van der Waals surface area contributed by atoms with E-state index < -0.39 is 21.7 Å². The number of benzene rings is 1. The molecule has 0 saturated carbocycles. The van der Waals surface area contributed by atoms with Crippen LogP contribution in [0, 0.1) is 6.92 Å². The van der Waals surface area contributed by atoms with Crippen LogP contribution in [-0.4, -0.2) is 31.1 Å². The minimum Gasteiger partial charge on any atom is -0.352 e. The molecule has 0 spiro atoms.